The molecule has 2 nitrogen and oxygen atoms in total. The van der Waals surface area contributed by atoms with Gasteiger partial charge >= 0.3 is 0 Å². The van der Waals surface area contributed by atoms with Crippen molar-refractivity contribution in [3.05, 3.63) is 0 Å². The monoisotopic (exact) mass is 196 g/mol. The Bertz CT molecular complexity index is 164. The summed E-state index contributed by atoms with van der Waals surface area (Å²) >= 11 is 0. The van der Waals surface area contributed by atoms with Gasteiger partial charge in [0.15, 0.2) is 0 Å². The smallest absolute Gasteiger partial charge is 0.000750 e. The highest BCUT2D eigenvalue weighted by Gasteiger charge is 2.19. The molecule has 0 radical (unpaired) electrons. The summed E-state index contributed by atoms with van der Waals surface area (Å²) in [5, 5.41) is 3.44. The normalized spacial score (nSPS) is 34.1. The van der Waals surface area contributed by atoms with Crippen molar-refractivity contribution in [3.63, 3.8) is 0 Å². The molecule has 0 aromatic carbocycles. The lowest BCUT2D eigenvalue weighted by molar-refractivity contribution is 0.309. The maximum Gasteiger partial charge on any atom is 0.000750 e. The summed E-state index contributed by atoms with van der Waals surface area (Å²) in [5.74, 6) is 1.93. The Morgan fingerprint density at radius 1 is 1.36 bits per heavy atom. The SMILES string of the molecule is CC1CCN(CCCC2CCNC2)C1. The van der Waals surface area contributed by atoms with Crippen LogP contribution in [0.2, 0.25) is 0 Å². The van der Waals surface area contributed by atoms with Crippen molar-refractivity contribution in [1.82, 2.24) is 10.2 Å². The lowest BCUT2D eigenvalue weighted by Crippen LogP contribution is -2.22. The Morgan fingerprint density at radius 3 is 2.93 bits per heavy atom. The molecule has 0 spiro atoms. The third-order valence-corrected chi connectivity index (χ3v) is 3.76. The summed E-state index contributed by atoms with van der Waals surface area (Å²) in [5.41, 5.74) is 0. The average molecular weight is 196 g/mol. The molecule has 2 unspecified atom stereocenters. The molecule has 14 heavy (non-hydrogen) atoms. The Balaban J connectivity index is 1.54. The maximum absolute atomic E-state index is 3.44. The van der Waals surface area contributed by atoms with Gasteiger partial charge in [-0.1, -0.05) is 6.92 Å². The molecule has 82 valence electrons. The van der Waals surface area contributed by atoms with Gasteiger partial charge in [0.1, 0.15) is 0 Å². The Kier molecular flexibility index (Phi) is 3.82. The van der Waals surface area contributed by atoms with E-state index in [0.29, 0.717) is 0 Å². The average Bonchev–Trinajstić information content (AvgIpc) is 2.77. The van der Waals surface area contributed by atoms with E-state index >= 15 is 0 Å². The van der Waals surface area contributed by atoms with E-state index in [9.17, 15) is 0 Å². The summed E-state index contributed by atoms with van der Waals surface area (Å²) in [4.78, 5) is 2.65. The van der Waals surface area contributed by atoms with Gasteiger partial charge in [0.05, 0.1) is 0 Å². The van der Waals surface area contributed by atoms with Gasteiger partial charge in [-0.05, 0) is 63.7 Å². The molecule has 0 bridgehead atoms. The zero-order valence-electron chi connectivity index (χ0n) is 9.47. The maximum atomic E-state index is 3.44. The second kappa shape index (κ2) is 5.13. The van der Waals surface area contributed by atoms with Crippen LogP contribution in [0.5, 0.6) is 0 Å². The fourth-order valence-corrected chi connectivity index (χ4v) is 2.79. The van der Waals surface area contributed by atoms with Crippen molar-refractivity contribution in [2.75, 3.05) is 32.7 Å². The standard InChI is InChI=1S/C12H24N2/c1-11-5-8-14(10-11)7-2-3-12-4-6-13-9-12/h11-13H,2-10H2,1H3. The zero-order chi connectivity index (χ0) is 9.80. The highest BCUT2D eigenvalue weighted by molar-refractivity contribution is 4.74. The summed E-state index contributed by atoms with van der Waals surface area (Å²) in [6.45, 7) is 8.95. The summed E-state index contributed by atoms with van der Waals surface area (Å²) in [6, 6.07) is 0. The van der Waals surface area contributed by atoms with Crippen molar-refractivity contribution in [3.8, 4) is 0 Å². The number of rotatable bonds is 4. The van der Waals surface area contributed by atoms with Crippen LogP contribution in [0, 0.1) is 11.8 Å². The molecule has 2 heterocycles. The summed E-state index contributed by atoms with van der Waals surface area (Å²) in [7, 11) is 0. The molecule has 2 aliphatic rings. The van der Waals surface area contributed by atoms with Gasteiger partial charge < -0.3 is 10.2 Å². The molecule has 2 aliphatic heterocycles. The first-order chi connectivity index (χ1) is 6.84. The summed E-state index contributed by atoms with van der Waals surface area (Å²) in [6.07, 6.45) is 5.69. The molecule has 2 heteroatoms. The van der Waals surface area contributed by atoms with Gasteiger partial charge in [0.2, 0.25) is 0 Å². The Morgan fingerprint density at radius 2 is 2.29 bits per heavy atom. The van der Waals surface area contributed by atoms with Gasteiger partial charge in [-0.3, -0.25) is 0 Å². The molecule has 2 rings (SSSR count). The lowest BCUT2D eigenvalue weighted by atomic mass is 10.0. The van der Waals surface area contributed by atoms with Crippen molar-refractivity contribution < 1.29 is 0 Å². The number of likely N-dealkylation sites (tertiary alicyclic amines) is 1. The predicted molar refractivity (Wildman–Crippen MR) is 60.4 cm³/mol. The van der Waals surface area contributed by atoms with E-state index in [2.05, 4.69) is 17.1 Å². The number of nitrogens with zero attached hydrogens (tertiary/aromatic N) is 1. The first-order valence-electron chi connectivity index (χ1n) is 6.27. The van der Waals surface area contributed by atoms with Crippen LogP contribution in [0.3, 0.4) is 0 Å². The molecular formula is C12H24N2. The molecule has 0 aliphatic carbocycles. The molecule has 0 amide bonds. The molecule has 1 N–H and O–H groups in total. The van der Waals surface area contributed by atoms with E-state index in [1.165, 1.54) is 58.4 Å². The van der Waals surface area contributed by atoms with Crippen LogP contribution in [0.1, 0.15) is 32.6 Å². The zero-order valence-corrected chi connectivity index (χ0v) is 9.47. The van der Waals surface area contributed by atoms with Crippen LogP contribution >= 0.6 is 0 Å². The molecular weight excluding hydrogens is 172 g/mol. The largest absolute Gasteiger partial charge is 0.316 e. The molecule has 0 aromatic heterocycles. The van der Waals surface area contributed by atoms with E-state index in [1.807, 2.05) is 0 Å². The lowest BCUT2D eigenvalue weighted by Gasteiger charge is -2.16. The highest BCUT2D eigenvalue weighted by atomic mass is 15.1. The summed E-state index contributed by atoms with van der Waals surface area (Å²) < 4.78 is 0. The quantitative estimate of drug-likeness (QED) is 0.736. The molecule has 0 saturated carbocycles. The van der Waals surface area contributed by atoms with Gasteiger partial charge in [0.25, 0.3) is 0 Å². The minimum atomic E-state index is 0.947. The van der Waals surface area contributed by atoms with Crippen LogP contribution in [-0.2, 0) is 0 Å². The minimum absolute atomic E-state index is 0.947. The van der Waals surface area contributed by atoms with E-state index in [1.54, 1.807) is 0 Å². The number of hydrogen-bond acceptors (Lipinski definition) is 2. The van der Waals surface area contributed by atoms with Gasteiger partial charge in [-0.2, -0.15) is 0 Å². The molecule has 2 saturated heterocycles. The second-order valence-electron chi connectivity index (χ2n) is 5.20. The van der Waals surface area contributed by atoms with Crippen molar-refractivity contribution >= 4 is 0 Å². The van der Waals surface area contributed by atoms with Crippen LogP contribution < -0.4 is 5.32 Å². The van der Waals surface area contributed by atoms with E-state index in [4.69, 9.17) is 0 Å². The van der Waals surface area contributed by atoms with Crippen LogP contribution in [0.4, 0.5) is 0 Å². The molecule has 2 fully saturated rings. The van der Waals surface area contributed by atoms with Crippen molar-refractivity contribution in [2.24, 2.45) is 11.8 Å². The van der Waals surface area contributed by atoms with E-state index < -0.39 is 0 Å². The third kappa shape index (κ3) is 2.96. The number of nitrogens with one attached hydrogen (secondary N) is 1. The van der Waals surface area contributed by atoms with Crippen molar-refractivity contribution in [1.29, 1.82) is 0 Å². The minimum Gasteiger partial charge on any atom is -0.316 e. The van der Waals surface area contributed by atoms with Gasteiger partial charge in [-0.25, -0.2) is 0 Å². The highest BCUT2D eigenvalue weighted by Crippen LogP contribution is 2.18. The Hall–Kier alpha value is -0.0800. The fraction of sp³-hybridized carbons (Fsp3) is 1.00. The van der Waals surface area contributed by atoms with Gasteiger partial charge in [-0.15, -0.1) is 0 Å². The molecule has 2 atom stereocenters. The first-order valence-corrected chi connectivity index (χ1v) is 6.27. The topological polar surface area (TPSA) is 15.3 Å². The Labute approximate surface area is 88.1 Å². The number of hydrogen-bond donors (Lipinski definition) is 1. The second-order valence-corrected chi connectivity index (χ2v) is 5.20. The fourth-order valence-electron chi connectivity index (χ4n) is 2.79. The third-order valence-electron chi connectivity index (χ3n) is 3.76. The predicted octanol–water partition coefficient (Wildman–Crippen LogP) is 1.72. The van der Waals surface area contributed by atoms with Crippen LogP contribution in [0.25, 0.3) is 0 Å². The van der Waals surface area contributed by atoms with Crippen LogP contribution in [-0.4, -0.2) is 37.6 Å². The molecule has 0 aromatic rings. The van der Waals surface area contributed by atoms with Gasteiger partial charge in [0, 0.05) is 6.54 Å². The first kappa shape index (κ1) is 10.4. The van der Waals surface area contributed by atoms with Crippen LogP contribution in [0.15, 0.2) is 0 Å². The van der Waals surface area contributed by atoms with E-state index in [0.717, 1.165) is 11.8 Å². The van der Waals surface area contributed by atoms with E-state index in [-0.39, 0.29) is 0 Å². The van der Waals surface area contributed by atoms with Crippen molar-refractivity contribution in [2.45, 2.75) is 32.6 Å².